The van der Waals surface area contributed by atoms with Crippen molar-refractivity contribution in [2.75, 3.05) is 13.2 Å². The molecule has 3 aromatic rings. The van der Waals surface area contributed by atoms with E-state index in [-0.39, 0.29) is 23.4 Å². The second kappa shape index (κ2) is 9.32. The highest BCUT2D eigenvalue weighted by molar-refractivity contribution is 6.09. The number of ether oxygens (including phenoxy) is 1. The normalized spacial score (nSPS) is 19.9. The van der Waals surface area contributed by atoms with Gasteiger partial charge in [0, 0.05) is 23.9 Å². The predicted molar refractivity (Wildman–Crippen MR) is 136 cm³/mol. The topological polar surface area (TPSA) is 120 Å². The molecule has 2 aromatic heterocycles. The third kappa shape index (κ3) is 4.84. The molecular formula is C27H32FN5O4. The number of hydrogen-bond donors (Lipinski definition) is 3. The van der Waals surface area contributed by atoms with Crippen molar-refractivity contribution in [1.82, 2.24) is 25.2 Å². The maximum atomic E-state index is 14.1. The number of nitrogens with one attached hydrogen (secondary N) is 2. The summed E-state index contributed by atoms with van der Waals surface area (Å²) in [6.07, 6.45) is 3.14. The Hall–Kier alpha value is -3.69. The number of hydrogen-bond acceptors (Lipinski definition) is 5. The van der Waals surface area contributed by atoms with Crippen molar-refractivity contribution in [3.05, 3.63) is 41.6 Å². The minimum absolute atomic E-state index is 0.329. The molecule has 1 saturated heterocycles. The Kier molecular flexibility index (Phi) is 6.29. The van der Waals surface area contributed by atoms with Crippen molar-refractivity contribution in [2.45, 2.75) is 59.0 Å². The molecule has 9 nitrogen and oxygen atoms in total. The van der Waals surface area contributed by atoms with E-state index in [4.69, 9.17) is 4.74 Å². The number of amides is 2. The number of rotatable bonds is 6. The van der Waals surface area contributed by atoms with E-state index in [0.717, 1.165) is 12.8 Å². The summed E-state index contributed by atoms with van der Waals surface area (Å²) in [6, 6.07) is 3.64. The Morgan fingerprint density at radius 1 is 1.24 bits per heavy atom. The molecule has 196 valence electrons. The van der Waals surface area contributed by atoms with Gasteiger partial charge in [0.15, 0.2) is 0 Å². The number of likely N-dealkylation sites (tertiary alicyclic amines) is 1. The molecule has 2 aliphatic rings. The molecule has 0 radical (unpaired) electrons. The minimum Gasteiger partial charge on any atom is -0.492 e. The van der Waals surface area contributed by atoms with E-state index in [1.54, 1.807) is 13.0 Å². The van der Waals surface area contributed by atoms with E-state index in [1.165, 1.54) is 23.4 Å². The van der Waals surface area contributed by atoms with Gasteiger partial charge in [-0.15, -0.1) is 0 Å². The molecule has 2 fully saturated rings. The van der Waals surface area contributed by atoms with E-state index in [2.05, 4.69) is 20.3 Å². The fourth-order valence-corrected chi connectivity index (χ4v) is 5.38. The van der Waals surface area contributed by atoms with Crippen LogP contribution >= 0.6 is 0 Å². The Morgan fingerprint density at radius 2 is 2.00 bits per heavy atom. The van der Waals surface area contributed by atoms with Crippen LogP contribution in [0.2, 0.25) is 0 Å². The number of aromatic nitrogens is 3. The standard InChI is InChI=1S/C27H32FN5O4/c1-14-20(25(34)32-18-9-10-33(26(35)36)24(18)27(2,3)4)22-23(31-14)21(29-13-30-22)17-8-7-16(28)11-19(17)37-12-15-5-6-15/h7-8,11,13,15,18,24,31H,5-6,9-10,12H2,1-4H3,(H,32,34)(H,35,36)/t18-,24?/m1/s1. The van der Waals surface area contributed by atoms with Gasteiger partial charge in [-0.1, -0.05) is 20.8 Å². The highest BCUT2D eigenvalue weighted by Gasteiger charge is 2.45. The SMILES string of the molecule is Cc1[nH]c2c(-c3ccc(F)cc3OCC3CC3)ncnc2c1C(=O)N[C@@H]1CCN(C(=O)O)C1C(C)(C)C. The number of aryl methyl sites for hydroxylation is 1. The van der Waals surface area contributed by atoms with Gasteiger partial charge >= 0.3 is 6.09 Å². The van der Waals surface area contributed by atoms with Gasteiger partial charge in [0.05, 0.1) is 29.8 Å². The number of benzene rings is 1. The maximum Gasteiger partial charge on any atom is 0.407 e. The Labute approximate surface area is 214 Å². The fraction of sp³-hybridized carbons (Fsp3) is 0.481. The first-order valence-electron chi connectivity index (χ1n) is 12.6. The molecule has 1 aromatic carbocycles. The molecule has 10 heteroatoms. The van der Waals surface area contributed by atoms with Gasteiger partial charge in [-0.25, -0.2) is 19.2 Å². The van der Waals surface area contributed by atoms with Crippen LogP contribution in [-0.2, 0) is 0 Å². The molecule has 3 N–H and O–H groups in total. The van der Waals surface area contributed by atoms with Crippen LogP contribution in [0.1, 0.15) is 56.1 Å². The largest absolute Gasteiger partial charge is 0.492 e. The Morgan fingerprint density at radius 3 is 2.68 bits per heavy atom. The van der Waals surface area contributed by atoms with Gasteiger partial charge in [-0.2, -0.15) is 0 Å². The second-order valence-corrected chi connectivity index (χ2v) is 11.1. The van der Waals surface area contributed by atoms with Crippen LogP contribution in [0, 0.1) is 24.1 Å². The van der Waals surface area contributed by atoms with Crippen LogP contribution in [0.3, 0.4) is 0 Å². The van der Waals surface area contributed by atoms with Gasteiger partial charge in [-0.05, 0) is 49.7 Å². The summed E-state index contributed by atoms with van der Waals surface area (Å²) in [4.78, 5) is 38.9. The molecule has 1 saturated carbocycles. The molecule has 3 heterocycles. The van der Waals surface area contributed by atoms with Crippen molar-refractivity contribution in [2.24, 2.45) is 11.3 Å². The van der Waals surface area contributed by atoms with E-state index in [9.17, 15) is 19.1 Å². The van der Waals surface area contributed by atoms with E-state index >= 15 is 0 Å². The van der Waals surface area contributed by atoms with Gasteiger partial charge in [0.25, 0.3) is 5.91 Å². The van der Waals surface area contributed by atoms with Gasteiger partial charge in [0.2, 0.25) is 0 Å². The monoisotopic (exact) mass is 509 g/mol. The lowest BCUT2D eigenvalue weighted by Crippen LogP contribution is -2.52. The van der Waals surface area contributed by atoms with Gasteiger partial charge < -0.3 is 25.0 Å². The average molecular weight is 510 g/mol. The summed E-state index contributed by atoms with van der Waals surface area (Å²) >= 11 is 0. The molecule has 0 bridgehead atoms. The first-order valence-corrected chi connectivity index (χ1v) is 12.6. The van der Waals surface area contributed by atoms with Crippen molar-refractivity contribution < 1.29 is 23.8 Å². The van der Waals surface area contributed by atoms with Crippen LogP contribution in [0.5, 0.6) is 5.75 Å². The minimum atomic E-state index is -0.990. The number of nitrogens with zero attached hydrogens (tertiary/aromatic N) is 3. The van der Waals surface area contributed by atoms with E-state index in [0.29, 0.717) is 64.8 Å². The molecule has 1 unspecified atom stereocenters. The Balaban J connectivity index is 1.48. The van der Waals surface area contributed by atoms with Crippen molar-refractivity contribution in [1.29, 1.82) is 0 Å². The first kappa shape index (κ1) is 25.0. The number of carbonyl (C=O) groups is 2. The molecule has 0 spiro atoms. The van der Waals surface area contributed by atoms with Crippen LogP contribution in [0.4, 0.5) is 9.18 Å². The molecule has 5 rings (SSSR count). The summed E-state index contributed by atoms with van der Waals surface area (Å²) < 4.78 is 20.0. The molecular weight excluding hydrogens is 477 g/mol. The summed E-state index contributed by atoms with van der Waals surface area (Å²) in [6.45, 7) is 8.58. The third-order valence-corrected chi connectivity index (χ3v) is 7.22. The lowest BCUT2D eigenvalue weighted by molar-refractivity contribution is 0.0827. The van der Waals surface area contributed by atoms with Gasteiger partial charge in [0.1, 0.15) is 29.1 Å². The number of H-pyrrole nitrogens is 1. The number of fused-ring (bicyclic) bond motifs is 1. The van der Waals surface area contributed by atoms with Crippen LogP contribution < -0.4 is 10.1 Å². The highest BCUT2D eigenvalue weighted by atomic mass is 19.1. The van der Waals surface area contributed by atoms with E-state index < -0.39 is 11.9 Å². The van der Waals surface area contributed by atoms with Crippen molar-refractivity contribution in [3.63, 3.8) is 0 Å². The zero-order chi connectivity index (χ0) is 26.5. The quantitative estimate of drug-likeness (QED) is 0.441. The second-order valence-electron chi connectivity index (χ2n) is 11.1. The molecule has 1 aliphatic carbocycles. The summed E-state index contributed by atoms with van der Waals surface area (Å²) in [5.74, 6) is 0.166. The molecule has 1 aliphatic heterocycles. The average Bonchev–Trinajstić information content (AvgIpc) is 3.44. The third-order valence-electron chi connectivity index (χ3n) is 7.22. The smallest absolute Gasteiger partial charge is 0.407 e. The molecule has 37 heavy (non-hydrogen) atoms. The lowest BCUT2D eigenvalue weighted by atomic mass is 9.82. The maximum absolute atomic E-state index is 14.1. The predicted octanol–water partition coefficient (Wildman–Crippen LogP) is 4.76. The van der Waals surface area contributed by atoms with Gasteiger partial charge in [-0.3, -0.25) is 4.79 Å². The van der Waals surface area contributed by atoms with Crippen LogP contribution in [-0.4, -0.2) is 62.2 Å². The van der Waals surface area contributed by atoms with E-state index in [1.807, 2.05) is 20.8 Å². The molecule has 2 atom stereocenters. The summed E-state index contributed by atoms with van der Waals surface area (Å²) in [5, 5.41) is 12.8. The fourth-order valence-electron chi connectivity index (χ4n) is 5.38. The summed E-state index contributed by atoms with van der Waals surface area (Å²) in [5.41, 5.74) is 2.75. The van der Waals surface area contributed by atoms with Crippen LogP contribution in [0.25, 0.3) is 22.3 Å². The zero-order valence-electron chi connectivity index (χ0n) is 21.5. The highest BCUT2D eigenvalue weighted by Crippen LogP contribution is 2.37. The number of halogens is 1. The lowest BCUT2D eigenvalue weighted by Gasteiger charge is -2.37. The van der Waals surface area contributed by atoms with Crippen LogP contribution in [0.15, 0.2) is 24.5 Å². The Bertz CT molecular complexity index is 1360. The van der Waals surface area contributed by atoms with Crippen molar-refractivity contribution in [3.8, 4) is 17.0 Å². The number of aromatic amines is 1. The number of carbonyl (C=O) groups excluding carboxylic acids is 1. The molecule has 2 amide bonds. The summed E-state index contributed by atoms with van der Waals surface area (Å²) in [7, 11) is 0. The zero-order valence-corrected chi connectivity index (χ0v) is 21.5. The first-order chi connectivity index (χ1) is 17.5. The van der Waals surface area contributed by atoms with Crippen molar-refractivity contribution >= 4 is 23.0 Å². The number of carboxylic acid groups (broad SMARTS) is 1.